The fourth-order valence-corrected chi connectivity index (χ4v) is 7.78. The van der Waals surface area contributed by atoms with E-state index >= 15 is 0 Å². The summed E-state index contributed by atoms with van der Waals surface area (Å²) in [5, 5.41) is 0. The van der Waals surface area contributed by atoms with Crippen molar-refractivity contribution in [1.29, 1.82) is 0 Å². The number of rotatable bonds is 9. The van der Waals surface area contributed by atoms with Gasteiger partial charge in [0.25, 0.3) is 0 Å². The molecule has 2 aromatic heterocycles. The summed E-state index contributed by atoms with van der Waals surface area (Å²) in [6, 6.07) is 76.9. The third-order valence-electron chi connectivity index (χ3n) is 10.9. The molecule has 2 heterocycles. The zero-order valence-electron chi connectivity index (χ0n) is 33.2. The van der Waals surface area contributed by atoms with Gasteiger partial charge in [0.2, 0.25) is 0 Å². The van der Waals surface area contributed by atoms with Gasteiger partial charge in [-0.3, -0.25) is 0 Å². The number of anilines is 1. The van der Waals surface area contributed by atoms with Gasteiger partial charge in [0.15, 0.2) is 11.6 Å². The van der Waals surface area contributed by atoms with Crippen LogP contribution in [0.2, 0.25) is 0 Å². The Hall–Kier alpha value is -8.28. The average Bonchev–Trinajstić information content (AvgIpc) is 3.35. The highest BCUT2D eigenvalue weighted by molar-refractivity contribution is 5.92. The van der Waals surface area contributed by atoms with Gasteiger partial charge in [0.05, 0.1) is 22.8 Å². The minimum atomic E-state index is 0.678. The molecule has 288 valence electrons. The predicted molar refractivity (Wildman–Crippen MR) is 251 cm³/mol. The van der Waals surface area contributed by atoms with Crippen molar-refractivity contribution < 1.29 is 0 Å². The molecule has 10 aromatic rings. The van der Waals surface area contributed by atoms with Gasteiger partial charge in [-0.2, -0.15) is 0 Å². The van der Waals surface area contributed by atoms with E-state index in [0.29, 0.717) is 11.6 Å². The van der Waals surface area contributed by atoms with Crippen molar-refractivity contribution >= 4 is 5.69 Å². The normalized spacial score (nSPS) is 11.0. The fraction of sp³-hybridized carbons (Fsp3) is 0. The van der Waals surface area contributed by atoms with Crippen LogP contribution in [0.25, 0.3) is 101 Å². The van der Waals surface area contributed by atoms with E-state index in [1.807, 2.05) is 91.0 Å². The molecule has 0 radical (unpaired) electrons. The van der Waals surface area contributed by atoms with Crippen LogP contribution in [0.1, 0.15) is 0 Å². The zero-order chi connectivity index (χ0) is 41.0. The standard InChI is InChI=1S/C56H39N5/c57-50-30-14-13-29-48(50)47-32-31-43(42-25-15-27-45(33-42)53-36-51(38-17-5-1-6-18-38)58-55(60-53)40-21-9-3-10-22-40)35-49(47)44-26-16-28-46(34-44)54-37-52(39-19-7-2-8-20-39)59-56(61-54)41-23-11-4-12-24-41/h1-37H,57H2. The third kappa shape index (κ3) is 7.84. The van der Waals surface area contributed by atoms with Crippen LogP contribution in [0.5, 0.6) is 0 Å². The molecule has 0 aliphatic rings. The Labute approximate surface area is 355 Å². The second kappa shape index (κ2) is 16.5. The quantitative estimate of drug-likeness (QED) is 0.148. The molecule has 0 atom stereocenters. The molecule has 0 aliphatic heterocycles. The van der Waals surface area contributed by atoms with E-state index in [2.05, 4.69) is 133 Å². The first-order valence-corrected chi connectivity index (χ1v) is 20.3. The van der Waals surface area contributed by atoms with Gasteiger partial charge in [0, 0.05) is 44.6 Å². The summed E-state index contributed by atoms with van der Waals surface area (Å²) in [5.41, 5.74) is 23.1. The smallest absolute Gasteiger partial charge is 0.160 e. The number of aromatic nitrogens is 4. The Kier molecular flexibility index (Phi) is 10.0. The van der Waals surface area contributed by atoms with Crippen LogP contribution >= 0.6 is 0 Å². The van der Waals surface area contributed by atoms with E-state index in [1.165, 1.54) is 0 Å². The van der Waals surface area contributed by atoms with Gasteiger partial charge in [-0.05, 0) is 64.2 Å². The van der Waals surface area contributed by atoms with Crippen LogP contribution < -0.4 is 5.73 Å². The molecule has 0 aliphatic carbocycles. The van der Waals surface area contributed by atoms with Gasteiger partial charge in [-0.25, -0.2) is 19.9 Å². The van der Waals surface area contributed by atoms with E-state index in [4.69, 9.17) is 25.7 Å². The average molecular weight is 782 g/mol. The molecule has 8 aromatic carbocycles. The number of para-hydroxylation sites is 1. The van der Waals surface area contributed by atoms with Crippen molar-refractivity contribution in [2.45, 2.75) is 0 Å². The lowest BCUT2D eigenvalue weighted by molar-refractivity contribution is 1.18. The maximum Gasteiger partial charge on any atom is 0.160 e. The Morgan fingerprint density at radius 1 is 0.230 bits per heavy atom. The molecular formula is C56H39N5. The number of nitrogen functional groups attached to an aromatic ring is 1. The van der Waals surface area contributed by atoms with Crippen molar-refractivity contribution in [1.82, 2.24) is 19.9 Å². The van der Waals surface area contributed by atoms with Gasteiger partial charge < -0.3 is 5.73 Å². The van der Waals surface area contributed by atoms with Crippen LogP contribution in [-0.4, -0.2) is 19.9 Å². The van der Waals surface area contributed by atoms with Gasteiger partial charge in [0.1, 0.15) is 0 Å². The van der Waals surface area contributed by atoms with Gasteiger partial charge in [-0.15, -0.1) is 0 Å². The summed E-state index contributed by atoms with van der Waals surface area (Å²) in [6.45, 7) is 0. The molecule has 0 saturated carbocycles. The van der Waals surface area contributed by atoms with Crippen LogP contribution in [0.4, 0.5) is 5.69 Å². The molecule has 0 amide bonds. The first-order valence-electron chi connectivity index (χ1n) is 20.3. The van der Waals surface area contributed by atoms with Crippen molar-refractivity contribution in [3.05, 3.63) is 224 Å². The van der Waals surface area contributed by atoms with Crippen LogP contribution in [0, 0.1) is 0 Å². The van der Waals surface area contributed by atoms with Gasteiger partial charge >= 0.3 is 0 Å². The minimum Gasteiger partial charge on any atom is -0.398 e. The molecule has 0 saturated heterocycles. The van der Waals surface area contributed by atoms with Crippen LogP contribution in [0.15, 0.2) is 224 Å². The van der Waals surface area contributed by atoms with E-state index in [-0.39, 0.29) is 0 Å². The number of nitrogens with two attached hydrogens (primary N) is 1. The lowest BCUT2D eigenvalue weighted by Gasteiger charge is -2.16. The first kappa shape index (κ1) is 37.0. The lowest BCUT2D eigenvalue weighted by atomic mass is 9.89. The molecule has 0 fully saturated rings. The van der Waals surface area contributed by atoms with Crippen molar-refractivity contribution in [3.8, 4) is 101 Å². The monoisotopic (exact) mass is 781 g/mol. The van der Waals surface area contributed by atoms with E-state index in [0.717, 1.165) is 95.2 Å². The van der Waals surface area contributed by atoms with Crippen LogP contribution in [0.3, 0.4) is 0 Å². The summed E-state index contributed by atoms with van der Waals surface area (Å²) in [4.78, 5) is 20.3. The van der Waals surface area contributed by atoms with E-state index in [1.54, 1.807) is 0 Å². The second-order valence-electron chi connectivity index (χ2n) is 14.9. The molecule has 0 spiro atoms. The first-order chi connectivity index (χ1) is 30.1. The molecule has 10 rings (SSSR count). The number of hydrogen-bond acceptors (Lipinski definition) is 5. The molecule has 5 nitrogen and oxygen atoms in total. The van der Waals surface area contributed by atoms with Crippen molar-refractivity contribution in [2.24, 2.45) is 0 Å². The third-order valence-corrected chi connectivity index (χ3v) is 10.9. The fourth-order valence-electron chi connectivity index (χ4n) is 7.78. The summed E-state index contributed by atoms with van der Waals surface area (Å²) in [6.07, 6.45) is 0. The second-order valence-corrected chi connectivity index (χ2v) is 14.9. The highest BCUT2D eigenvalue weighted by Crippen LogP contribution is 2.40. The molecule has 2 N–H and O–H groups in total. The molecule has 0 unspecified atom stereocenters. The lowest BCUT2D eigenvalue weighted by Crippen LogP contribution is -1.96. The Balaban J connectivity index is 1.10. The van der Waals surface area contributed by atoms with Gasteiger partial charge in [-0.1, -0.05) is 188 Å². The Morgan fingerprint density at radius 3 is 1.11 bits per heavy atom. The summed E-state index contributed by atoms with van der Waals surface area (Å²) in [7, 11) is 0. The number of hydrogen-bond donors (Lipinski definition) is 1. The largest absolute Gasteiger partial charge is 0.398 e. The topological polar surface area (TPSA) is 77.6 Å². The predicted octanol–water partition coefficient (Wildman–Crippen LogP) is 13.9. The number of nitrogens with zero attached hydrogens (tertiary/aromatic N) is 4. The molecular weight excluding hydrogens is 743 g/mol. The summed E-state index contributed by atoms with van der Waals surface area (Å²) < 4.78 is 0. The molecule has 0 bridgehead atoms. The highest BCUT2D eigenvalue weighted by atomic mass is 14.9. The van der Waals surface area contributed by atoms with Crippen LogP contribution in [-0.2, 0) is 0 Å². The summed E-state index contributed by atoms with van der Waals surface area (Å²) in [5.74, 6) is 1.36. The van der Waals surface area contributed by atoms with E-state index < -0.39 is 0 Å². The summed E-state index contributed by atoms with van der Waals surface area (Å²) >= 11 is 0. The molecule has 5 heteroatoms. The SMILES string of the molecule is Nc1ccccc1-c1ccc(-c2cccc(-c3cc(-c4ccccc4)nc(-c4ccccc4)n3)c2)cc1-c1cccc(-c2cc(-c3ccccc3)nc(-c3ccccc3)n2)c1. The Bertz CT molecular complexity index is 3020. The van der Waals surface area contributed by atoms with E-state index in [9.17, 15) is 0 Å². The molecule has 61 heavy (non-hydrogen) atoms. The Morgan fingerprint density at radius 2 is 0.607 bits per heavy atom. The number of benzene rings is 8. The maximum absolute atomic E-state index is 6.68. The minimum absolute atomic E-state index is 0.678. The zero-order valence-corrected chi connectivity index (χ0v) is 33.2. The highest BCUT2D eigenvalue weighted by Gasteiger charge is 2.17. The van der Waals surface area contributed by atoms with Crippen molar-refractivity contribution in [2.75, 3.05) is 5.73 Å². The maximum atomic E-state index is 6.68. The van der Waals surface area contributed by atoms with Crippen molar-refractivity contribution in [3.63, 3.8) is 0 Å².